The van der Waals surface area contributed by atoms with Crippen molar-refractivity contribution >= 4 is 5.69 Å². The van der Waals surface area contributed by atoms with E-state index in [-0.39, 0.29) is 28.4 Å². The van der Waals surface area contributed by atoms with Gasteiger partial charge in [0, 0.05) is 5.56 Å². The Bertz CT molecular complexity index is 849. The summed E-state index contributed by atoms with van der Waals surface area (Å²) in [5, 5.41) is 7.15. The van der Waals surface area contributed by atoms with Crippen molar-refractivity contribution in [1.82, 2.24) is 15.2 Å². The molecule has 0 aliphatic carbocycles. The number of benzene rings is 1. The van der Waals surface area contributed by atoms with E-state index in [0.717, 1.165) is 13.5 Å². The lowest BCUT2D eigenvalue weighted by atomic mass is 9.97. The van der Waals surface area contributed by atoms with Gasteiger partial charge in [0.15, 0.2) is 5.69 Å². The molecule has 0 saturated carbocycles. The van der Waals surface area contributed by atoms with E-state index in [9.17, 15) is 13.2 Å². The van der Waals surface area contributed by atoms with Crippen LogP contribution in [-0.4, -0.2) is 22.3 Å². The molecule has 0 atom stereocenters. The Kier molecular flexibility index (Phi) is 3.84. The molecule has 0 aliphatic heterocycles. The second kappa shape index (κ2) is 5.84. The average Bonchev–Trinajstić information content (AvgIpc) is 3.08. The SMILES string of the molecule is COc1nc(-c2nnco2)c(N)c(-c2ccccc2)c1C(F)(F)F. The lowest BCUT2D eigenvalue weighted by molar-refractivity contribution is -0.138. The Morgan fingerprint density at radius 3 is 2.42 bits per heavy atom. The van der Waals surface area contributed by atoms with E-state index in [1.54, 1.807) is 18.2 Å². The summed E-state index contributed by atoms with van der Waals surface area (Å²) < 4.78 is 50.7. The standard InChI is InChI=1S/C15H11F3N4O2/c1-23-13-10(15(16,17)18)9(8-5-3-2-4-6-8)11(19)12(21-13)14-22-20-7-24-14/h2-7H,19H2,1H3. The van der Waals surface area contributed by atoms with Gasteiger partial charge in [-0.2, -0.15) is 13.2 Å². The molecule has 124 valence electrons. The summed E-state index contributed by atoms with van der Waals surface area (Å²) >= 11 is 0. The molecule has 2 N–H and O–H groups in total. The van der Waals surface area contributed by atoms with Gasteiger partial charge >= 0.3 is 6.18 Å². The maximum Gasteiger partial charge on any atom is 0.422 e. The van der Waals surface area contributed by atoms with Crippen molar-refractivity contribution in [3.05, 3.63) is 42.3 Å². The highest BCUT2D eigenvalue weighted by Crippen LogP contribution is 2.47. The molecule has 0 bridgehead atoms. The summed E-state index contributed by atoms with van der Waals surface area (Å²) in [5.41, 5.74) is 4.65. The third-order valence-electron chi connectivity index (χ3n) is 3.30. The molecule has 0 radical (unpaired) electrons. The molecular weight excluding hydrogens is 325 g/mol. The number of nitrogen functional groups attached to an aromatic ring is 1. The number of ether oxygens (including phenoxy) is 1. The minimum absolute atomic E-state index is 0.0730. The van der Waals surface area contributed by atoms with Gasteiger partial charge in [-0.15, -0.1) is 10.2 Å². The number of aromatic nitrogens is 3. The van der Waals surface area contributed by atoms with Crippen LogP contribution >= 0.6 is 0 Å². The van der Waals surface area contributed by atoms with Crippen LogP contribution in [0.25, 0.3) is 22.7 Å². The number of methoxy groups -OCH3 is 1. The highest BCUT2D eigenvalue weighted by molar-refractivity contribution is 5.88. The molecule has 0 saturated heterocycles. The van der Waals surface area contributed by atoms with Crippen LogP contribution in [0.5, 0.6) is 5.88 Å². The minimum Gasteiger partial charge on any atom is -0.481 e. The van der Waals surface area contributed by atoms with Crippen LogP contribution in [-0.2, 0) is 6.18 Å². The van der Waals surface area contributed by atoms with Crippen LogP contribution < -0.4 is 10.5 Å². The number of hydrogen-bond acceptors (Lipinski definition) is 6. The van der Waals surface area contributed by atoms with E-state index in [2.05, 4.69) is 15.2 Å². The molecule has 24 heavy (non-hydrogen) atoms. The summed E-state index contributed by atoms with van der Waals surface area (Å²) in [6, 6.07) is 7.92. The Balaban J connectivity index is 2.40. The van der Waals surface area contributed by atoms with Crippen LogP contribution in [0.15, 0.2) is 41.1 Å². The van der Waals surface area contributed by atoms with Gasteiger partial charge in [0.1, 0.15) is 5.56 Å². The second-order valence-corrected chi connectivity index (χ2v) is 4.74. The average molecular weight is 336 g/mol. The van der Waals surface area contributed by atoms with E-state index >= 15 is 0 Å². The molecule has 0 unspecified atom stereocenters. The summed E-state index contributed by atoms with van der Waals surface area (Å²) in [4.78, 5) is 3.82. The molecule has 9 heteroatoms. The Labute approximate surface area is 134 Å². The van der Waals surface area contributed by atoms with Gasteiger partial charge in [-0.25, -0.2) is 4.98 Å². The van der Waals surface area contributed by atoms with Gasteiger partial charge in [0.25, 0.3) is 5.89 Å². The largest absolute Gasteiger partial charge is 0.481 e. The van der Waals surface area contributed by atoms with Gasteiger partial charge in [-0.05, 0) is 5.56 Å². The first kappa shape index (κ1) is 15.8. The van der Waals surface area contributed by atoms with Crippen molar-refractivity contribution in [3.8, 4) is 28.6 Å². The lowest BCUT2D eigenvalue weighted by Gasteiger charge is -2.19. The van der Waals surface area contributed by atoms with Crippen molar-refractivity contribution in [1.29, 1.82) is 0 Å². The highest BCUT2D eigenvalue weighted by atomic mass is 19.4. The molecule has 0 amide bonds. The smallest absolute Gasteiger partial charge is 0.422 e. The third-order valence-corrected chi connectivity index (χ3v) is 3.30. The predicted molar refractivity (Wildman–Crippen MR) is 78.9 cm³/mol. The van der Waals surface area contributed by atoms with Gasteiger partial charge < -0.3 is 14.9 Å². The van der Waals surface area contributed by atoms with E-state index in [0.29, 0.717) is 0 Å². The minimum atomic E-state index is -4.72. The van der Waals surface area contributed by atoms with Crippen LogP contribution in [0.4, 0.5) is 18.9 Å². The van der Waals surface area contributed by atoms with Crippen molar-refractivity contribution in [2.75, 3.05) is 12.8 Å². The number of pyridine rings is 1. The fourth-order valence-electron chi connectivity index (χ4n) is 2.33. The third kappa shape index (κ3) is 2.64. The normalized spacial score (nSPS) is 11.5. The Hall–Kier alpha value is -3.10. The first-order valence-corrected chi connectivity index (χ1v) is 6.70. The van der Waals surface area contributed by atoms with Crippen LogP contribution in [0.2, 0.25) is 0 Å². The van der Waals surface area contributed by atoms with Gasteiger partial charge in [-0.3, -0.25) is 0 Å². The van der Waals surface area contributed by atoms with Crippen molar-refractivity contribution < 1.29 is 22.3 Å². The monoisotopic (exact) mass is 336 g/mol. The van der Waals surface area contributed by atoms with E-state index in [1.807, 2.05) is 0 Å². The fraction of sp³-hybridized carbons (Fsp3) is 0.133. The zero-order chi connectivity index (χ0) is 17.3. The molecular formula is C15H11F3N4O2. The zero-order valence-electron chi connectivity index (χ0n) is 12.3. The molecule has 6 nitrogen and oxygen atoms in total. The fourth-order valence-corrected chi connectivity index (χ4v) is 2.33. The Morgan fingerprint density at radius 1 is 1.17 bits per heavy atom. The first-order valence-electron chi connectivity index (χ1n) is 6.70. The van der Waals surface area contributed by atoms with Crippen LogP contribution in [0.1, 0.15) is 5.56 Å². The van der Waals surface area contributed by atoms with Crippen LogP contribution in [0.3, 0.4) is 0 Å². The molecule has 0 fully saturated rings. The number of rotatable bonds is 3. The topological polar surface area (TPSA) is 87.1 Å². The lowest BCUT2D eigenvalue weighted by Crippen LogP contribution is -2.14. The molecule has 2 aromatic heterocycles. The zero-order valence-corrected chi connectivity index (χ0v) is 12.3. The van der Waals surface area contributed by atoms with Crippen molar-refractivity contribution in [2.45, 2.75) is 6.18 Å². The van der Waals surface area contributed by atoms with Gasteiger partial charge in [0.05, 0.1) is 12.8 Å². The number of alkyl halides is 3. The quantitative estimate of drug-likeness (QED) is 0.789. The van der Waals surface area contributed by atoms with E-state index in [1.165, 1.54) is 12.1 Å². The predicted octanol–water partition coefficient (Wildman–Crippen LogP) is 3.41. The van der Waals surface area contributed by atoms with E-state index in [4.69, 9.17) is 14.9 Å². The number of halogens is 3. The Morgan fingerprint density at radius 2 is 1.88 bits per heavy atom. The molecule has 1 aromatic carbocycles. The van der Waals surface area contributed by atoms with Crippen molar-refractivity contribution in [3.63, 3.8) is 0 Å². The number of nitrogens with zero attached hydrogens (tertiary/aromatic N) is 3. The molecule has 0 aliphatic rings. The summed E-state index contributed by atoms with van der Waals surface area (Å²) in [5.74, 6) is -0.722. The summed E-state index contributed by atoms with van der Waals surface area (Å²) in [6.45, 7) is 0. The number of nitrogens with two attached hydrogens (primary N) is 1. The maximum absolute atomic E-state index is 13.6. The van der Waals surface area contributed by atoms with Gasteiger partial charge in [0.2, 0.25) is 12.3 Å². The van der Waals surface area contributed by atoms with Gasteiger partial charge in [-0.1, -0.05) is 30.3 Å². The van der Waals surface area contributed by atoms with Crippen molar-refractivity contribution in [2.24, 2.45) is 0 Å². The van der Waals surface area contributed by atoms with E-state index < -0.39 is 17.6 Å². The number of anilines is 1. The molecule has 0 spiro atoms. The maximum atomic E-state index is 13.6. The molecule has 3 aromatic rings. The summed E-state index contributed by atoms with van der Waals surface area (Å²) in [7, 11) is 1.10. The summed E-state index contributed by atoms with van der Waals surface area (Å²) in [6.07, 6.45) is -3.69. The first-order chi connectivity index (χ1) is 11.4. The highest BCUT2D eigenvalue weighted by Gasteiger charge is 2.41. The second-order valence-electron chi connectivity index (χ2n) is 4.74. The molecule has 2 heterocycles. The molecule has 3 rings (SSSR count). The van der Waals surface area contributed by atoms with Crippen LogP contribution in [0, 0.1) is 0 Å². The number of hydrogen-bond donors (Lipinski definition) is 1.